The van der Waals surface area contributed by atoms with E-state index in [4.69, 9.17) is 0 Å². The molecule has 1 aromatic heterocycles. The topological polar surface area (TPSA) is 71.8 Å². The zero-order valence-electron chi connectivity index (χ0n) is 11.6. The molecule has 2 N–H and O–H groups in total. The van der Waals surface area contributed by atoms with Gasteiger partial charge in [-0.1, -0.05) is 6.92 Å². The van der Waals surface area contributed by atoms with Crippen LogP contribution in [0.4, 0.5) is 0 Å². The van der Waals surface area contributed by atoms with Gasteiger partial charge in [0.1, 0.15) is 12.2 Å². The largest absolute Gasteiger partial charge is 0.352 e. The molecule has 102 valence electrons. The number of amides is 1. The minimum Gasteiger partial charge on any atom is -0.352 e. The van der Waals surface area contributed by atoms with Crippen LogP contribution in [-0.2, 0) is 18.3 Å². The minimum atomic E-state index is -0.188. The van der Waals surface area contributed by atoms with Gasteiger partial charge in [-0.2, -0.15) is 0 Å². The number of nitrogens with one attached hydrogen (secondary N) is 2. The third kappa shape index (κ3) is 4.44. The van der Waals surface area contributed by atoms with Crippen molar-refractivity contribution < 1.29 is 4.79 Å². The Morgan fingerprint density at radius 3 is 2.78 bits per heavy atom. The first-order valence-corrected chi connectivity index (χ1v) is 6.41. The molecule has 0 saturated heterocycles. The maximum atomic E-state index is 11.8. The number of carbonyl (C=O) groups is 1. The van der Waals surface area contributed by atoms with Crippen LogP contribution in [0.2, 0.25) is 0 Å². The highest BCUT2D eigenvalue weighted by Gasteiger charge is 2.13. The fourth-order valence-electron chi connectivity index (χ4n) is 1.50. The van der Waals surface area contributed by atoms with Crippen LogP contribution in [0.15, 0.2) is 6.33 Å². The Labute approximate surface area is 108 Å². The fraction of sp³-hybridized carbons (Fsp3) is 0.750. The molecule has 0 bridgehead atoms. The summed E-state index contributed by atoms with van der Waals surface area (Å²) in [5.41, 5.74) is 0. The number of aryl methyl sites for hydroxylation is 1. The van der Waals surface area contributed by atoms with E-state index in [0.717, 1.165) is 18.7 Å². The van der Waals surface area contributed by atoms with E-state index >= 15 is 0 Å². The Balaban J connectivity index is 2.26. The summed E-state index contributed by atoms with van der Waals surface area (Å²) in [6, 6.07) is 0.0349. The Kier molecular flexibility index (Phi) is 5.77. The molecule has 0 aliphatic heterocycles. The quantitative estimate of drug-likeness (QED) is 0.730. The number of nitrogens with zero attached hydrogens (tertiary/aromatic N) is 3. The highest BCUT2D eigenvalue weighted by molar-refractivity contribution is 5.81. The monoisotopic (exact) mass is 253 g/mol. The number of carbonyl (C=O) groups excluding carboxylic acids is 1. The van der Waals surface area contributed by atoms with E-state index in [2.05, 4.69) is 27.8 Å². The summed E-state index contributed by atoms with van der Waals surface area (Å²) in [7, 11) is 1.91. The van der Waals surface area contributed by atoms with Crippen molar-refractivity contribution in [3.8, 4) is 0 Å². The molecule has 6 nitrogen and oxygen atoms in total. The summed E-state index contributed by atoms with van der Waals surface area (Å²) in [4.78, 5) is 11.8. The van der Waals surface area contributed by atoms with Crippen LogP contribution in [-0.4, -0.2) is 39.3 Å². The number of rotatable bonds is 7. The molecule has 0 saturated carbocycles. The molecule has 0 spiro atoms. The van der Waals surface area contributed by atoms with Crippen molar-refractivity contribution in [2.75, 3.05) is 6.54 Å². The van der Waals surface area contributed by atoms with E-state index in [-0.39, 0.29) is 18.0 Å². The van der Waals surface area contributed by atoms with Crippen molar-refractivity contribution in [3.05, 3.63) is 12.2 Å². The van der Waals surface area contributed by atoms with Gasteiger partial charge in [0.05, 0.1) is 6.04 Å². The summed E-state index contributed by atoms with van der Waals surface area (Å²) < 4.78 is 1.88. The normalized spacial score (nSPS) is 14.2. The molecule has 18 heavy (non-hydrogen) atoms. The zero-order valence-corrected chi connectivity index (χ0v) is 11.6. The molecular formula is C12H23N5O. The second-order valence-corrected chi connectivity index (χ2v) is 4.60. The average molecular weight is 253 g/mol. The summed E-state index contributed by atoms with van der Waals surface area (Å²) in [5.74, 6) is 0.958. The first-order chi connectivity index (χ1) is 8.54. The molecular weight excluding hydrogens is 230 g/mol. The van der Waals surface area contributed by atoms with Crippen molar-refractivity contribution in [2.45, 2.75) is 45.7 Å². The lowest BCUT2D eigenvalue weighted by atomic mass is 10.2. The van der Waals surface area contributed by atoms with E-state index in [1.54, 1.807) is 6.33 Å². The van der Waals surface area contributed by atoms with E-state index in [0.29, 0.717) is 6.54 Å². The lowest BCUT2D eigenvalue weighted by Crippen LogP contribution is -2.45. The van der Waals surface area contributed by atoms with Crippen molar-refractivity contribution >= 4 is 5.91 Å². The van der Waals surface area contributed by atoms with Crippen molar-refractivity contribution in [1.82, 2.24) is 25.4 Å². The Hall–Kier alpha value is -1.43. The standard InChI is InChI=1S/C12H23N5O/c1-5-9(2)15-12(18)10(3)13-7-6-11-16-14-8-17(11)4/h8-10,13H,5-7H2,1-4H3,(H,15,18). The Morgan fingerprint density at radius 2 is 2.22 bits per heavy atom. The highest BCUT2D eigenvalue weighted by atomic mass is 16.2. The molecule has 0 fully saturated rings. The van der Waals surface area contributed by atoms with Gasteiger partial charge in [0.15, 0.2) is 0 Å². The van der Waals surface area contributed by atoms with Crippen LogP contribution in [0.1, 0.15) is 33.0 Å². The predicted octanol–water partition coefficient (Wildman–Crippen LogP) is 0.250. The third-order valence-corrected chi connectivity index (χ3v) is 3.00. The summed E-state index contributed by atoms with van der Waals surface area (Å²) in [6.45, 7) is 6.64. The number of aromatic nitrogens is 3. The fourth-order valence-corrected chi connectivity index (χ4v) is 1.50. The van der Waals surface area contributed by atoms with Crippen molar-refractivity contribution in [1.29, 1.82) is 0 Å². The van der Waals surface area contributed by atoms with E-state index in [1.165, 1.54) is 0 Å². The van der Waals surface area contributed by atoms with Gasteiger partial charge < -0.3 is 15.2 Å². The molecule has 1 amide bonds. The first-order valence-electron chi connectivity index (χ1n) is 6.41. The molecule has 0 aliphatic carbocycles. The maximum absolute atomic E-state index is 11.8. The second kappa shape index (κ2) is 7.10. The summed E-state index contributed by atoms with van der Waals surface area (Å²) in [6.07, 6.45) is 3.38. The third-order valence-electron chi connectivity index (χ3n) is 3.00. The van der Waals surface area contributed by atoms with Crippen LogP contribution < -0.4 is 10.6 Å². The predicted molar refractivity (Wildman–Crippen MR) is 70.1 cm³/mol. The molecule has 0 radical (unpaired) electrons. The Bertz CT molecular complexity index is 376. The van der Waals surface area contributed by atoms with Gasteiger partial charge in [-0.05, 0) is 20.3 Å². The van der Waals surface area contributed by atoms with Crippen LogP contribution in [0, 0.1) is 0 Å². The summed E-state index contributed by atoms with van der Waals surface area (Å²) in [5, 5.41) is 13.9. The lowest BCUT2D eigenvalue weighted by Gasteiger charge is -2.17. The smallest absolute Gasteiger partial charge is 0.237 e. The highest BCUT2D eigenvalue weighted by Crippen LogP contribution is 1.93. The van der Waals surface area contributed by atoms with Crippen LogP contribution >= 0.6 is 0 Å². The lowest BCUT2D eigenvalue weighted by molar-refractivity contribution is -0.123. The van der Waals surface area contributed by atoms with Crippen LogP contribution in [0.3, 0.4) is 0 Å². The molecule has 0 aromatic carbocycles. The molecule has 2 unspecified atom stereocenters. The van der Waals surface area contributed by atoms with Gasteiger partial charge >= 0.3 is 0 Å². The first kappa shape index (κ1) is 14.6. The maximum Gasteiger partial charge on any atom is 0.237 e. The van der Waals surface area contributed by atoms with Gasteiger partial charge in [-0.25, -0.2) is 0 Å². The molecule has 1 heterocycles. The van der Waals surface area contributed by atoms with Crippen LogP contribution in [0.5, 0.6) is 0 Å². The van der Waals surface area contributed by atoms with Gasteiger partial charge in [-0.15, -0.1) is 10.2 Å². The SMILES string of the molecule is CCC(C)NC(=O)C(C)NCCc1nncn1C. The number of hydrogen-bond donors (Lipinski definition) is 2. The number of hydrogen-bond acceptors (Lipinski definition) is 4. The molecule has 0 aliphatic rings. The van der Waals surface area contributed by atoms with Crippen molar-refractivity contribution in [3.63, 3.8) is 0 Å². The van der Waals surface area contributed by atoms with Gasteiger partial charge in [0.25, 0.3) is 0 Å². The molecule has 1 rings (SSSR count). The molecule has 6 heteroatoms. The summed E-state index contributed by atoms with van der Waals surface area (Å²) >= 11 is 0. The molecule has 2 atom stereocenters. The van der Waals surface area contributed by atoms with Crippen LogP contribution in [0.25, 0.3) is 0 Å². The van der Waals surface area contributed by atoms with Gasteiger partial charge in [-0.3, -0.25) is 4.79 Å². The zero-order chi connectivity index (χ0) is 13.5. The van der Waals surface area contributed by atoms with E-state index in [1.807, 2.05) is 25.5 Å². The van der Waals surface area contributed by atoms with E-state index < -0.39 is 0 Å². The van der Waals surface area contributed by atoms with Gasteiger partial charge in [0, 0.05) is 26.1 Å². The second-order valence-electron chi connectivity index (χ2n) is 4.60. The minimum absolute atomic E-state index is 0.0438. The molecule has 1 aromatic rings. The van der Waals surface area contributed by atoms with Gasteiger partial charge in [0.2, 0.25) is 5.91 Å². The Morgan fingerprint density at radius 1 is 1.50 bits per heavy atom. The van der Waals surface area contributed by atoms with E-state index in [9.17, 15) is 4.79 Å². The average Bonchev–Trinajstić information content (AvgIpc) is 2.74. The van der Waals surface area contributed by atoms with Crippen molar-refractivity contribution in [2.24, 2.45) is 7.05 Å².